The van der Waals surface area contributed by atoms with Crippen molar-refractivity contribution in [3.8, 4) is 0 Å². The summed E-state index contributed by atoms with van der Waals surface area (Å²) in [6.07, 6.45) is 2.97. The molecular weight excluding hydrogens is 314 g/mol. The Labute approximate surface area is 120 Å². The topological polar surface area (TPSA) is 40.5 Å². The third kappa shape index (κ3) is 3.13. The van der Waals surface area contributed by atoms with Gasteiger partial charge >= 0.3 is 0 Å². The maximum atomic E-state index is 12.4. The Morgan fingerprint density at radius 2 is 2.44 bits per heavy atom. The molecule has 0 radical (unpaired) electrons. The molecule has 1 aromatic rings. The lowest BCUT2D eigenvalue weighted by Gasteiger charge is -2.32. The molecule has 1 aliphatic rings. The van der Waals surface area contributed by atoms with Gasteiger partial charge in [0.05, 0.1) is 8.66 Å². The van der Waals surface area contributed by atoms with Crippen LogP contribution in [-0.4, -0.2) is 35.6 Å². The summed E-state index contributed by atoms with van der Waals surface area (Å²) in [5, 5.41) is 8.99. The zero-order valence-corrected chi connectivity index (χ0v) is 12.9. The normalized spacial score (nSPS) is 20.2. The van der Waals surface area contributed by atoms with E-state index in [0.29, 0.717) is 5.92 Å². The SMILES string of the molecule is Cc1cc(C(=O)N2CCCC(CCO)C2)sc1Br. The molecule has 1 unspecified atom stereocenters. The van der Waals surface area contributed by atoms with E-state index in [1.165, 1.54) is 11.3 Å². The molecule has 1 amide bonds. The van der Waals surface area contributed by atoms with E-state index in [-0.39, 0.29) is 12.5 Å². The van der Waals surface area contributed by atoms with Crippen LogP contribution >= 0.6 is 27.3 Å². The second kappa shape index (κ2) is 6.17. The molecule has 0 aliphatic carbocycles. The molecule has 1 aliphatic heterocycles. The Kier molecular flexibility index (Phi) is 4.81. The van der Waals surface area contributed by atoms with Gasteiger partial charge in [0.2, 0.25) is 0 Å². The monoisotopic (exact) mass is 331 g/mol. The number of rotatable bonds is 3. The Hall–Kier alpha value is -0.390. The van der Waals surface area contributed by atoms with E-state index >= 15 is 0 Å². The van der Waals surface area contributed by atoms with Crippen LogP contribution in [0.25, 0.3) is 0 Å². The lowest BCUT2D eigenvalue weighted by Crippen LogP contribution is -2.39. The summed E-state index contributed by atoms with van der Waals surface area (Å²) in [6.45, 7) is 3.85. The predicted molar refractivity (Wildman–Crippen MR) is 77.1 cm³/mol. The molecular formula is C13H18BrNO2S. The van der Waals surface area contributed by atoms with Gasteiger partial charge in [0.1, 0.15) is 0 Å². The standard InChI is InChI=1S/C13H18BrNO2S/c1-9-7-11(18-12(9)14)13(17)15-5-2-3-10(8-15)4-6-16/h7,10,16H,2-6,8H2,1H3. The van der Waals surface area contributed by atoms with Crippen LogP contribution in [0.3, 0.4) is 0 Å². The molecule has 0 saturated carbocycles. The summed E-state index contributed by atoms with van der Waals surface area (Å²) in [7, 11) is 0. The molecule has 1 fully saturated rings. The minimum atomic E-state index is 0.136. The summed E-state index contributed by atoms with van der Waals surface area (Å²) < 4.78 is 1.04. The van der Waals surface area contributed by atoms with Gasteiger partial charge in [-0.3, -0.25) is 4.79 Å². The molecule has 1 N–H and O–H groups in total. The van der Waals surface area contributed by atoms with Gasteiger partial charge in [-0.05, 0) is 59.7 Å². The molecule has 2 rings (SSSR count). The fourth-order valence-corrected chi connectivity index (χ4v) is 3.89. The summed E-state index contributed by atoms with van der Waals surface area (Å²) in [5.74, 6) is 0.591. The number of amides is 1. The molecule has 0 aromatic carbocycles. The van der Waals surface area contributed by atoms with Gasteiger partial charge in [0.25, 0.3) is 5.91 Å². The van der Waals surface area contributed by atoms with Crippen molar-refractivity contribution in [2.24, 2.45) is 5.92 Å². The Bertz CT molecular complexity index is 411. The fraction of sp³-hybridized carbons (Fsp3) is 0.615. The van der Waals surface area contributed by atoms with Crippen molar-refractivity contribution >= 4 is 33.2 Å². The van der Waals surface area contributed by atoms with Crippen LogP contribution in [0.15, 0.2) is 9.85 Å². The van der Waals surface area contributed by atoms with Crippen molar-refractivity contribution in [3.63, 3.8) is 0 Å². The second-order valence-corrected chi connectivity index (χ2v) is 7.21. The predicted octanol–water partition coefficient (Wildman–Crippen LogP) is 3.05. The highest BCUT2D eigenvalue weighted by molar-refractivity contribution is 9.11. The van der Waals surface area contributed by atoms with Crippen molar-refractivity contribution in [1.29, 1.82) is 0 Å². The minimum absolute atomic E-state index is 0.136. The number of carbonyl (C=O) groups is 1. The van der Waals surface area contributed by atoms with Crippen LogP contribution in [0.4, 0.5) is 0 Å². The Morgan fingerprint density at radius 1 is 1.67 bits per heavy atom. The maximum Gasteiger partial charge on any atom is 0.263 e. The number of likely N-dealkylation sites (tertiary alicyclic amines) is 1. The minimum Gasteiger partial charge on any atom is -0.396 e. The van der Waals surface area contributed by atoms with E-state index in [1.54, 1.807) is 0 Å². The molecule has 100 valence electrons. The van der Waals surface area contributed by atoms with Gasteiger partial charge in [-0.15, -0.1) is 11.3 Å². The number of thiophene rings is 1. The van der Waals surface area contributed by atoms with Gasteiger partial charge < -0.3 is 10.0 Å². The number of hydrogen-bond acceptors (Lipinski definition) is 3. The average Bonchev–Trinajstić information content (AvgIpc) is 2.69. The first-order valence-corrected chi connectivity index (χ1v) is 7.89. The molecule has 18 heavy (non-hydrogen) atoms. The highest BCUT2D eigenvalue weighted by atomic mass is 79.9. The van der Waals surface area contributed by atoms with Gasteiger partial charge in [-0.1, -0.05) is 0 Å². The maximum absolute atomic E-state index is 12.4. The first kappa shape index (κ1) is 14.0. The number of hydrogen-bond donors (Lipinski definition) is 1. The van der Waals surface area contributed by atoms with Crippen LogP contribution in [-0.2, 0) is 0 Å². The van der Waals surface area contributed by atoms with Crippen molar-refractivity contribution in [2.45, 2.75) is 26.2 Å². The van der Waals surface area contributed by atoms with Crippen LogP contribution in [0.5, 0.6) is 0 Å². The number of carbonyl (C=O) groups excluding carboxylic acids is 1. The van der Waals surface area contributed by atoms with E-state index < -0.39 is 0 Å². The van der Waals surface area contributed by atoms with Crippen molar-refractivity contribution in [2.75, 3.05) is 19.7 Å². The van der Waals surface area contributed by atoms with Crippen molar-refractivity contribution < 1.29 is 9.90 Å². The molecule has 3 nitrogen and oxygen atoms in total. The molecule has 1 saturated heterocycles. The van der Waals surface area contributed by atoms with E-state index in [0.717, 1.165) is 46.6 Å². The number of aliphatic hydroxyl groups excluding tert-OH is 1. The third-order valence-corrected chi connectivity index (χ3v) is 5.54. The van der Waals surface area contributed by atoms with E-state index in [9.17, 15) is 4.79 Å². The van der Waals surface area contributed by atoms with Crippen LogP contribution in [0, 0.1) is 12.8 Å². The number of aliphatic hydroxyl groups is 1. The molecule has 1 aromatic heterocycles. The summed E-state index contributed by atoms with van der Waals surface area (Å²) in [4.78, 5) is 15.1. The lowest BCUT2D eigenvalue weighted by atomic mass is 9.95. The van der Waals surface area contributed by atoms with Crippen molar-refractivity contribution in [3.05, 3.63) is 20.3 Å². The van der Waals surface area contributed by atoms with Gasteiger partial charge in [0, 0.05) is 19.7 Å². The average molecular weight is 332 g/mol. The Balaban J connectivity index is 2.04. The summed E-state index contributed by atoms with van der Waals surface area (Å²) in [5.41, 5.74) is 1.12. The number of halogens is 1. The van der Waals surface area contributed by atoms with Gasteiger partial charge in [-0.25, -0.2) is 0 Å². The molecule has 0 spiro atoms. The molecule has 5 heteroatoms. The highest BCUT2D eigenvalue weighted by Crippen LogP contribution is 2.29. The van der Waals surface area contributed by atoms with Gasteiger partial charge in [-0.2, -0.15) is 0 Å². The first-order valence-electron chi connectivity index (χ1n) is 6.28. The quantitative estimate of drug-likeness (QED) is 0.924. The van der Waals surface area contributed by atoms with Gasteiger partial charge in [0.15, 0.2) is 0 Å². The fourth-order valence-electron chi connectivity index (χ4n) is 2.39. The van der Waals surface area contributed by atoms with E-state index in [1.807, 2.05) is 17.9 Å². The van der Waals surface area contributed by atoms with Crippen LogP contribution in [0.2, 0.25) is 0 Å². The third-order valence-electron chi connectivity index (χ3n) is 3.41. The van der Waals surface area contributed by atoms with Crippen LogP contribution in [0.1, 0.15) is 34.5 Å². The highest BCUT2D eigenvalue weighted by Gasteiger charge is 2.25. The first-order chi connectivity index (χ1) is 8.61. The summed E-state index contributed by atoms with van der Waals surface area (Å²) >= 11 is 4.97. The Morgan fingerprint density at radius 3 is 3.06 bits per heavy atom. The number of nitrogens with zero attached hydrogens (tertiary/aromatic N) is 1. The van der Waals surface area contributed by atoms with Crippen LogP contribution < -0.4 is 0 Å². The summed E-state index contributed by atoms with van der Waals surface area (Å²) in [6, 6.07) is 1.95. The molecule has 1 atom stereocenters. The number of piperidine rings is 1. The zero-order valence-electron chi connectivity index (χ0n) is 10.5. The van der Waals surface area contributed by atoms with E-state index in [4.69, 9.17) is 5.11 Å². The lowest BCUT2D eigenvalue weighted by molar-refractivity contribution is 0.0658. The smallest absolute Gasteiger partial charge is 0.263 e. The zero-order chi connectivity index (χ0) is 13.1. The molecule has 2 heterocycles. The largest absolute Gasteiger partial charge is 0.396 e. The van der Waals surface area contributed by atoms with E-state index in [2.05, 4.69) is 15.9 Å². The molecule has 0 bridgehead atoms. The van der Waals surface area contributed by atoms with Crippen molar-refractivity contribution in [1.82, 2.24) is 4.90 Å². The second-order valence-electron chi connectivity index (χ2n) is 4.84. The number of aryl methyl sites for hydroxylation is 1.